The van der Waals surface area contributed by atoms with Crippen LogP contribution in [0.5, 0.6) is 0 Å². The first kappa shape index (κ1) is 11.5. The number of rotatable bonds is 3. The molecule has 0 aliphatic heterocycles. The Bertz CT molecular complexity index is 345. The summed E-state index contributed by atoms with van der Waals surface area (Å²) in [5.74, 6) is 1.18. The molecule has 2 unspecified atom stereocenters. The Hall–Kier alpha value is -0.970. The van der Waals surface area contributed by atoms with Crippen LogP contribution in [-0.4, -0.2) is 27.5 Å². The fraction of sp³-hybridized carbons (Fsp3) is 0.636. The summed E-state index contributed by atoms with van der Waals surface area (Å²) >= 11 is 1.97. The SMILES string of the molecule is CSC1CCCC(Nc2ccnc(N)n2)C1. The molecule has 1 aliphatic carbocycles. The van der Waals surface area contributed by atoms with Crippen molar-refractivity contribution in [2.75, 3.05) is 17.3 Å². The van der Waals surface area contributed by atoms with Gasteiger partial charge in [-0.3, -0.25) is 0 Å². The van der Waals surface area contributed by atoms with Crippen LogP contribution in [0.3, 0.4) is 0 Å². The van der Waals surface area contributed by atoms with Crippen molar-refractivity contribution < 1.29 is 0 Å². The molecule has 1 heterocycles. The van der Waals surface area contributed by atoms with Crippen LogP contribution < -0.4 is 11.1 Å². The number of nitrogens with two attached hydrogens (primary N) is 1. The quantitative estimate of drug-likeness (QED) is 0.844. The molecule has 4 nitrogen and oxygen atoms in total. The molecular weight excluding hydrogens is 220 g/mol. The Kier molecular flexibility index (Phi) is 3.88. The molecule has 1 aromatic rings. The van der Waals surface area contributed by atoms with Gasteiger partial charge in [0.2, 0.25) is 5.95 Å². The van der Waals surface area contributed by atoms with E-state index in [2.05, 4.69) is 21.5 Å². The van der Waals surface area contributed by atoms with Gasteiger partial charge in [-0.25, -0.2) is 4.98 Å². The molecule has 5 heteroatoms. The lowest BCUT2D eigenvalue weighted by Crippen LogP contribution is -2.28. The zero-order valence-electron chi connectivity index (χ0n) is 9.52. The number of anilines is 2. The van der Waals surface area contributed by atoms with Crippen LogP contribution in [0.25, 0.3) is 0 Å². The molecule has 2 atom stereocenters. The highest BCUT2D eigenvalue weighted by atomic mass is 32.2. The maximum Gasteiger partial charge on any atom is 0.221 e. The molecule has 16 heavy (non-hydrogen) atoms. The molecule has 0 spiro atoms. The third-order valence-corrected chi connectivity index (χ3v) is 4.08. The van der Waals surface area contributed by atoms with Crippen molar-refractivity contribution in [3.05, 3.63) is 12.3 Å². The first-order valence-electron chi connectivity index (χ1n) is 5.66. The van der Waals surface area contributed by atoms with E-state index in [-0.39, 0.29) is 0 Å². The summed E-state index contributed by atoms with van der Waals surface area (Å²) in [6.45, 7) is 0. The summed E-state index contributed by atoms with van der Waals surface area (Å²) in [5.41, 5.74) is 5.55. The number of nitrogens with zero attached hydrogens (tertiary/aromatic N) is 2. The number of hydrogen-bond donors (Lipinski definition) is 2. The van der Waals surface area contributed by atoms with Gasteiger partial charge in [0.05, 0.1) is 0 Å². The summed E-state index contributed by atoms with van der Waals surface area (Å²) < 4.78 is 0. The molecule has 0 amide bonds. The van der Waals surface area contributed by atoms with E-state index in [0.29, 0.717) is 12.0 Å². The number of nitrogen functional groups attached to an aromatic ring is 1. The monoisotopic (exact) mass is 238 g/mol. The van der Waals surface area contributed by atoms with E-state index < -0.39 is 0 Å². The Morgan fingerprint density at radius 2 is 2.38 bits per heavy atom. The van der Waals surface area contributed by atoms with Crippen molar-refractivity contribution in [3.63, 3.8) is 0 Å². The predicted octanol–water partition coefficient (Wildman–Crippen LogP) is 2.14. The second-order valence-electron chi connectivity index (χ2n) is 4.17. The number of aromatic nitrogens is 2. The number of thioether (sulfide) groups is 1. The average Bonchev–Trinajstić information content (AvgIpc) is 2.29. The van der Waals surface area contributed by atoms with Gasteiger partial charge in [-0.2, -0.15) is 16.7 Å². The van der Waals surface area contributed by atoms with Gasteiger partial charge in [-0.05, 0) is 31.6 Å². The normalized spacial score (nSPS) is 25.3. The van der Waals surface area contributed by atoms with Crippen molar-refractivity contribution >= 4 is 23.5 Å². The van der Waals surface area contributed by atoms with E-state index >= 15 is 0 Å². The molecule has 2 rings (SSSR count). The average molecular weight is 238 g/mol. The summed E-state index contributed by atoms with van der Waals surface area (Å²) in [6.07, 6.45) is 8.95. The van der Waals surface area contributed by atoms with E-state index in [1.807, 2.05) is 17.8 Å². The van der Waals surface area contributed by atoms with E-state index in [9.17, 15) is 0 Å². The molecule has 1 saturated carbocycles. The molecule has 0 bridgehead atoms. The molecule has 0 aromatic carbocycles. The fourth-order valence-corrected chi connectivity index (χ4v) is 2.98. The lowest BCUT2D eigenvalue weighted by Gasteiger charge is -2.28. The predicted molar refractivity (Wildman–Crippen MR) is 69.6 cm³/mol. The van der Waals surface area contributed by atoms with Gasteiger partial charge in [0.25, 0.3) is 0 Å². The van der Waals surface area contributed by atoms with Gasteiger partial charge in [-0.1, -0.05) is 6.42 Å². The minimum atomic E-state index is 0.335. The minimum Gasteiger partial charge on any atom is -0.368 e. The van der Waals surface area contributed by atoms with Gasteiger partial charge in [0, 0.05) is 17.5 Å². The Balaban J connectivity index is 1.94. The molecule has 0 radical (unpaired) electrons. The maximum atomic E-state index is 5.55. The molecule has 1 aromatic heterocycles. The highest BCUT2D eigenvalue weighted by molar-refractivity contribution is 7.99. The Morgan fingerprint density at radius 3 is 3.12 bits per heavy atom. The molecule has 0 saturated heterocycles. The van der Waals surface area contributed by atoms with Crippen molar-refractivity contribution in [2.45, 2.75) is 37.0 Å². The second-order valence-corrected chi connectivity index (χ2v) is 5.30. The van der Waals surface area contributed by atoms with Crippen LogP contribution in [0.1, 0.15) is 25.7 Å². The van der Waals surface area contributed by atoms with Gasteiger partial charge >= 0.3 is 0 Å². The largest absolute Gasteiger partial charge is 0.368 e. The van der Waals surface area contributed by atoms with Gasteiger partial charge in [0.15, 0.2) is 0 Å². The first-order chi connectivity index (χ1) is 7.78. The lowest BCUT2D eigenvalue weighted by atomic mass is 9.95. The topological polar surface area (TPSA) is 63.8 Å². The van der Waals surface area contributed by atoms with E-state index in [1.165, 1.54) is 25.7 Å². The minimum absolute atomic E-state index is 0.335. The van der Waals surface area contributed by atoms with Crippen LogP contribution in [0.4, 0.5) is 11.8 Å². The Labute approximate surface area is 100 Å². The lowest BCUT2D eigenvalue weighted by molar-refractivity contribution is 0.473. The fourth-order valence-electron chi connectivity index (χ4n) is 2.15. The first-order valence-corrected chi connectivity index (χ1v) is 6.94. The van der Waals surface area contributed by atoms with E-state index in [4.69, 9.17) is 5.73 Å². The van der Waals surface area contributed by atoms with Crippen LogP contribution in [0, 0.1) is 0 Å². The smallest absolute Gasteiger partial charge is 0.221 e. The standard InChI is InChI=1S/C11H18N4S/c1-16-9-4-2-3-8(7-9)14-10-5-6-13-11(12)15-10/h5-6,8-9H,2-4,7H2,1H3,(H3,12,13,14,15). The van der Waals surface area contributed by atoms with Gasteiger partial charge in [-0.15, -0.1) is 0 Å². The van der Waals surface area contributed by atoms with Crippen molar-refractivity contribution in [1.29, 1.82) is 0 Å². The van der Waals surface area contributed by atoms with Crippen LogP contribution in [-0.2, 0) is 0 Å². The van der Waals surface area contributed by atoms with Crippen LogP contribution in [0.15, 0.2) is 12.3 Å². The second kappa shape index (κ2) is 5.39. The van der Waals surface area contributed by atoms with Crippen molar-refractivity contribution in [1.82, 2.24) is 9.97 Å². The number of nitrogens with one attached hydrogen (secondary N) is 1. The van der Waals surface area contributed by atoms with Gasteiger partial charge in [0.1, 0.15) is 5.82 Å². The summed E-state index contributed by atoms with van der Waals surface area (Å²) in [5, 5.41) is 4.22. The van der Waals surface area contributed by atoms with Gasteiger partial charge < -0.3 is 11.1 Å². The molecule has 88 valence electrons. The molecule has 3 N–H and O–H groups in total. The van der Waals surface area contributed by atoms with Crippen LogP contribution in [0.2, 0.25) is 0 Å². The highest BCUT2D eigenvalue weighted by Crippen LogP contribution is 2.28. The third-order valence-electron chi connectivity index (χ3n) is 2.99. The Morgan fingerprint density at radius 1 is 1.50 bits per heavy atom. The zero-order valence-corrected chi connectivity index (χ0v) is 10.3. The van der Waals surface area contributed by atoms with Crippen molar-refractivity contribution in [2.24, 2.45) is 0 Å². The highest BCUT2D eigenvalue weighted by Gasteiger charge is 2.21. The number of hydrogen-bond acceptors (Lipinski definition) is 5. The van der Waals surface area contributed by atoms with Crippen molar-refractivity contribution in [3.8, 4) is 0 Å². The summed E-state index contributed by atoms with van der Waals surface area (Å²) in [6, 6.07) is 2.40. The van der Waals surface area contributed by atoms with Crippen LogP contribution >= 0.6 is 11.8 Å². The zero-order chi connectivity index (χ0) is 11.4. The third kappa shape index (κ3) is 3.01. The summed E-state index contributed by atoms with van der Waals surface area (Å²) in [7, 11) is 0. The molecule has 1 aliphatic rings. The molecular formula is C11H18N4S. The maximum absolute atomic E-state index is 5.55. The van der Waals surface area contributed by atoms with E-state index in [0.717, 1.165) is 11.1 Å². The van der Waals surface area contributed by atoms with E-state index in [1.54, 1.807) is 6.20 Å². The molecule has 1 fully saturated rings. The summed E-state index contributed by atoms with van der Waals surface area (Å²) in [4.78, 5) is 8.05.